The van der Waals surface area contributed by atoms with Crippen molar-refractivity contribution in [2.45, 2.75) is 24.3 Å². The molecular formula is C16H17NOS. The zero-order valence-electron chi connectivity index (χ0n) is 10.9. The highest BCUT2D eigenvalue weighted by molar-refractivity contribution is 7.99. The second-order valence-corrected chi connectivity index (χ2v) is 6.01. The lowest BCUT2D eigenvalue weighted by Gasteiger charge is -2.27. The number of benzene rings is 2. The summed E-state index contributed by atoms with van der Waals surface area (Å²) in [4.78, 5) is 1.38. The number of thioether (sulfide) groups is 1. The molecule has 1 unspecified atom stereocenters. The van der Waals surface area contributed by atoms with Crippen molar-refractivity contribution >= 4 is 17.4 Å². The van der Waals surface area contributed by atoms with E-state index in [4.69, 9.17) is 0 Å². The van der Waals surface area contributed by atoms with E-state index in [9.17, 15) is 5.11 Å². The molecule has 1 aliphatic heterocycles. The summed E-state index contributed by atoms with van der Waals surface area (Å²) in [5.74, 6) is 1.50. The number of anilines is 1. The highest BCUT2D eigenvalue weighted by atomic mass is 32.2. The number of rotatable bonds is 2. The molecule has 2 N–H and O–H groups in total. The molecule has 0 fully saturated rings. The molecule has 3 heteroatoms. The van der Waals surface area contributed by atoms with Gasteiger partial charge in [-0.2, -0.15) is 0 Å². The van der Waals surface area contributed by atoms with Crippen molar-refractivity contribution in [3.05, 3.63) is 53.6 Å². The number of hydrogen-bond donors (Lipinski definition) is 2. The van der Waals surface area contributed by atoms with Gasteiger partial charge < -0.3 is 10.4 Å². The highest BCUT2D eigenvalue weighted by Gasteiger charge is 2.19. The van der Waals surface area contributed by atoms with E-state index in [1.54, 1.807) is 6.07 Å². The van der Waals surface area contributed by atoms with Crippen molar-refractivity contribution in [1.82, 2.24) is 0 Å². The average Bonchev–Trinajstić information content (AvgIpc) is 2.43. The number of aryl methyl sites for hydroxylation is 1. The Morgan fingerprint density at radius 1 is 1.21 bits per heavy atom. The van der Waals surface area contributed by atoms with E-state index in [1.165, 1.54) is 10.5 Å². The Hall–Kier alpha value is -1.61. The van der Waals surface area contributed by atoms with Crippen LogP contribution in [0.15, 0.2) is 47.4 Å². The Bertz CT molecular complexity index is 597. The summed E-state index contributed by atoms with van der Waals surface area (Å²) in [5, 5.41) is 13.2. The fourth-order valence-electron chi connectivity index (χ4n) is 2.44. The predicted molar refractivity (Wildman–Crippen MR) is 81.0 cm³/mol. The van der Waals surface area contributed by atoms with Crippen LogP contribution in [0.5, 0.6) is 5.75 Å². The van der Waals surface area contributed by atoms with Crippen LogP contribution < -0.4 is 5.32 Å². The molecule has 3 rings (SSSR count). The van der Waals surface area contributed by atoms with Crippen LogP contribution >= 0.6 is 11.8 Å². The van der Waals surface area contributed by atoms with Crippen LogP contribution in [0.3, 0.4) is 0 Å². The van der Waals surface area contributed by atoms with Gasteiger partial charge in [-0.05, 0) is 48.7 Å². The normalized spacial score (nSPS) is 17.8. The maximum atomic E-state index is 9.58. The van der Waals surface area contributed by atoms with Gasteiger partial charge >= 0.3 is 0 Å². The molecule has 98 valence electrons. The molecule has 1 atom stereocenters. The monoisotopic (exact) mass is 271 g/mol. The fourth-order valence-corrected chi connectivity index (χ4v) is 3.56. The zero-order chi connectivity index (χ0) is 13.2. The molecule has 0 radical (unpaired) electrons. The number of phenolic OH excluding ortho intramolecular Hbond substituents is 1. The van der Waals surface area contributed by atoms with Gasteiger partial charge in [0.25, 0.3) is 0 Å². The van der Waals surface area contributed by atoms with E-state index in [2.05, 4.69) is 29.6 Å². The van der Waals surface area contributed by atoms with E-state index in [1.807, 2.05) is 30.8 Å². The Kier molecular flexibility index (Phi) is 3.38. The van der Waals surface area contributed by atoms with Crippen molar-refractivity contribution < 1.29 is 5.11 Å². The molecular weight excluding hydrogens is 254 g/mol. The Morgan fingerprint density at radius 2 is 2.05 bits per heavy atom. The summed E-state index contributed by atoms with van der Waals surface area (Å²) >= 11 is 1.93. The summed E-state index contributed by atoms with van der Waals surface area (Å²) < 4.78 is 0. The lowest BCUT2D eigenvalue weighted by molar-refractivity contribution is 0.471. The topological polar surface area (TPSA) is 32.3 Å². The number of nitrogens with one attached hydrogen (secondary N) is 1. The minimum Gasteiger partial charge on any atom is -0.508 e. The van der Waals surface area contributed by atoms with Gasteiger partial charge in [-0.25, -0.2) is 0 Å². The largest absolute Gasteiger partial charge is 0.508 e. The first-order valence-electron chi connectivity index (χ1n) is 6.52. The second kappa shape index (κ2) is 5.17. The third-order valence-corrected chi connectivity index (χ3v) is 4.62. The molecule has 1 heterocycles. The van der Waals surface area contributed by atoms with Gasteiger partial charge in [0, 0.05) is 16.3 Å². The number of phenols is 1. The maximum Gasteiger partial charge on any atom is 0.118 e. The van der Waals surface area contributed by atoms with Gasteiger partial charge in [-0.3, -0.25) is 0 Å². The van der Waals surface area contributed by atoms with Gasteiger partial charge in [0.05, 0.1) is 6.04 Å². The predicted octanol–water partition coefficient (Wildman–Crippen LogP) is 4.35. The first-order valence-corrected chi connectivity index (χ1v) is 7.50. The van der Waals surface area contributed by atoms with E-state index >= 15 is 0 Å². The van der Waals surface area contributed by atoms with Gasteiger partial charge in [-0.15, -0.1) is 11.8 Å². The number of hydrogen-bond acceptors (Lipinski definition) is 3. The van der Waals surface area contributed by atoms with Crippen molar-refractivity contribution in [1.29, 1.82) is 0 Å². The van der Waals surface area contributed by atoms with Crippen molar-refractivity contribution in [2.24, 2.45) is 0 Å². The Morgan fingerprint density at radius 3 is 2.89 bits per heavy atom. The molecule has 0 saturated heterocycles. The summed E-state index contributed by atoms with van der Waals surface area (Å²) in [6.45, 7) is 1.92. The van der Waals surface area contributed by atoms with Gasteiger partial charge in [0.2, 0.25) is 0 Å². The quantitative estimate of drug-likeness (QED) is 0.796. The molecule has 0 spiro atoms. The maximum absolute atomic E-state index is 9.58. The van der Waals surface area contributed by atoms with Crippen LogP contribution in [-0.2, 0) is 0 Å². The molecule has 0 aromatic heterocycles. The van der Waals surface area contributed by atoms with Crippen LogP contribution in [0.1, 0.15) is 23.6 Å². The van der Waals surface area contributed by atoms with E-state index in [0.717, 1.165) is 23.4 Å². The van der Waals surface area contributed by atoms with Crippen molar-refractivity contribution in [3.8, 4) is 5.75 Å². The molecule has 0 aliphatic carbocycles. The Balaban J connectivity index is 1.86. The SMILES string of the molecule is Cc1cc(NC2CCSc3ccccc32)ccc1O. The highest BCUT2D eigenvalue weighted by Crippen LogP contribution is 2.38. The molecule has 19 heavy (non-hydrogen) atoms. The molecule has 2 aromatic carbocycles. The van der Waals surface area contributed by atoms with Gasteiger partial charge in [0.15, 0.2) is 0 Å². The molecule has 0 saturated carbocycles. The fraction of sp³-hybridized carbons (Fsp3) is 0.250. The summed E-state index contributed by atoms with van der Waals surface area (Å²) in [5.41, 5.74) is 3.36. The van der Waals surface area contributed by atoms with Gasteiger partial charge in [0.1, 0.15) is 5.75 Å². The standard InChI is InChI=1S/C16H17NOS/c1-11-10-12(6-7-15(11)18)17-14-8-9-19-16-5-3-2-4-13(14)16/h2-7,10,14,17-18H,8-9H2,1H3. The molecule has 2 nitrogen and oxygen atoms in total. The number of fused-ring (bicyclic) bond motifs is 1. The van der Waals surface area contributed by atoms with E-state index in [-0.39, 0.29) is 0 Å². The lowest BCUT2D eigenvalue weighted by atomic mass is 10.0. The van der Waals surface area contributed by atoms with Gasteiger partial charge in [-0.1, -0.05) is 18.2 Å². The van der Waals surface area contributed by atoms with Crippen LogP contribution in [-0.4, -0.2) is 10.9 Å². The van der Waals surface area contributed by atoms with E-state index in [0.29, 0.717) is 11.8 Å². The summed E-state index contributed by atoms with van der Waals surface area (Å²) in [6.07, 6.45) is 1.13. The second-order valence-electron chi connectivity index (χ2n) is 4.87. The first kappa shape index (κ1) is 12.4. The molecule has 0 amide bonds. The summed E-state index contributed by atoms with van der Waals surface area (Å²) in [7, 11) is 0. The van der Waals surface area contributed by atoms with Crippen LogP contribution in [0.2, 0.25) is 0 Å². The number of aromatic hydroxyl groups is 1. The lowest BCUT2D eigenvalue weighted by Crippen LogP contribution is -2.15. The smallest absolute Gasteiger partial charge is 0.118 e. The van der Waals surface area contributed by atoms with E-state index < -0.39 is 0 Å². The molecule has 1 aliphatic rings. The minimum atomic E-state index is 0.352. The third-order valence-electron chi connectivity index (χ3n) is 3.50. The van der Waals surface area contributed by atoms with Crippen LogP contribution in [0.4, 0.5) is 5.69 Å². The van der Waals surface area contributed by atoms with Crippen molar-refractivity contribution in [3.63, 3.8) is 0 Å². The average molecular weight is 271 g/mol. The third kappa shape index (κ3) is 2.56. The Labute approximate surface area is 117 Å². The van der Waals surface area contributed by atoms with Crippen LogP contribution in [0.25, 0.3) is 0 Å². The first-order chi connectivity index (χ1) is 9.24. The van der Waals surface area contributed by atoms with Crippen molar-refractivity contribution in [2.75, 3.05) is 11.1 Å². The zero-order valence-corrected chi connectivity index (χ0v) is 11.7. The minimum absolute atomic E-state index is 0.352. The summed E-state index contributed by atoms with van der Waals surface area (Å²) in [6, 6.07) is 14.6. The molecule has 0 bridgehead atoms. The van der Waals surface area contributed by atoms with Crippen LogP contribution in [0, 0.1) is 6.92 Å². The molecule has 2 aromatic rings.